The Balaban J connectivity index is 2.21. The predicted octanol–water partition coefficient (Wildman–Crippen LogP) is 3.52. The highest BCUT2D eigenvalue weighted by Crippen LogP contribution is 2.32. The lowest BCUT2D eigenvalue weighted by Gasteiger charge is -2.11. The molecular formula is C16H11F3N2O3. The lowest BCUT2D eigenvalue weighted by Crippen LogP contribution is -2.15. The molecule has 2 aromatic carbocycles. The minimum absolute atomic E-state index is 0.00280. The molecule has 0 unspecified atom stereocenters. The molecule has 24 heavy (non-hydrogen) atoms. The Morgan fingerprint density at radius 1 is 1.12 bits per heavy atom. The van der Waals surface area contributed by atoms with Crippen LogP contribution in [0.4, 0.5) is 13.2 Å². The van der Waals surface area contributed by atoms with Crippen LogP contribution in [0.1, 0.15) is 5.56 Å². The van der Waals surface area contributed by atoms with E-state index in [1.165, 1.54) is 19.2 Å². The average Bonchev–Trinajstić information content (AvgIpc) is 2.95. The minimum Gasteiger partial charge on any atom is -0.496 e. The van der Waals surface area contributed by atoms with Crippen LogP contribution < -0.4 is 10.5 Å². The first-order valence-corrected chi connectivity index (χ1v) is 6.81. The fraction of sp³-hybridized carbons (Fsp3) is 0.125. The fourth-order valence-corrected chi connectivity index (χ4v) is 2.30. The van der Waals surface area contributed by atoms with Crippen molar-refractivity contribution in [2.24, 2.45) is 0 Å². The average molecular weight is 336 g/mol. The van der Waals surface area contributed by atoms with Crippen molar-refractivity contribution in [2.75, 3.05) is 7.11 Å². The second-order valence-corrected chi connectivity index (χ2v) is 4.86. The number of hydrogen-bond donors (Lipinski definition) is 0. The van der Waals surface area contributed by atoms with Crippen molar-refractivity contribution in [1.29, 1.82) is 0 Å². The van der Waals surface area contributed by atoms with Gasteiger partial charge in [0, 0.05) is 0 Å². The molecule has 0 fully saturated rings. The molecule has 0 radical (unpaired) electrons. The molecule has 3 aromatic rings. The first kappa shape index (κ1) is 15.9. The quantitative estimate of drug-likeness (QED) is 0.734. The van der Waals surface area contributed by atoms with Crippen molar-refractivity contribution in [2.45, 2.75) is 6.18 Å². The van der Waals surface area contributed by atoms with Crippen LogP contribution in [0.25, 0.3) is 17.1 Å². The van der Waals surface area contributed by atoms with Crippen molar-refractivity contribution in [3.05, 3.63) is 64.6 Å². The van der Waals surface area contributed by atoms with E-state index in [1.807, 2.05) is 0 Å². The summed E-state index contributed by atoms with van der Waals surface area (Å²) < 4.78 is 49.5. The summed E-state index contributed by atoms with van der Waals surface area (Å²) in [5, 5.41) is 3.68. The largest absolute Gasteiger partial charge is 0.496 e. The number of methoxy groups -OCH3 is 1. The summed E-state index contributed by atoms with van der Waals surface area (Å²) >= 11 is 0. The number of ether oxygens (including phenoxy) is 1. The van der Waals surface area contributed by atoms with Gasteiger partial charge in [0.15, 0.2) is 5.82 Å². The summed E-state index contributed by atoms with van der Waals surface area (Å²) in [6.45, 7) is 0. The van der Waals surface area contributed by atoms with Gasteiger partial charge in [-0.3, -0.25) is 4.52 Å². The molecule has 0 atom stereocenters. The number of para-hydroxylation sites is 1. The summed E-state index contributed by atoms with van der Waals surface area (Å²) in [7, 11) is 1.44. The van der Waals surface area contributed by atoms with Crippen LogP contribution in [-0.2, 0) is 6.18 Å². The van der Waals surface area contributed by atoms with Gasteiger partial charge in [-0.2, -0.15) is 13.2 Å². The number of benzene rings is 2. The van der Waals surface area contributed by atoms with E-state index < -0.39 is 17.5 Å². The third-order valence-electron chi connectivity index (χ3n) is 3.38. The van der Waals surface area contributed by atoms with Crippen molar-refractivity contribution in [3.63, 3.8) is 0 Å². The summed E-state index contributed by atoms with van der Waals surface area (Å²) in [6, 6.07) is 11.0. The summed E-state index contributed by atoms with van der Waals surface area (Å²) in [5.74, 6) is -0.432. The van der Waals surface area contributed by atoms with E-state index in [2.05, 4.69) is 9.68 Å². The van der Waals surface area contributed by atoms with Crippen LogP contribution in [0, 0.1) is 0 Å². The SMILES string of the molecule is COc1ccccc1-c1noc(=O)n1-c1cccc(C(F)(F)F)c1. The molecule has 0 aliphatic heterocycles. The van der Waals surface area contributed by atoms with Gasteiger partial charge in [-0.25, -0.2) is 9.36 Å². The fourth-order valence-electron chi connectivity index (χ4n) is 2.30. The highest BCUT2D eigenvalue weighted by molar-refractivity contribution is 5.65. The number of alkyl halides is 3. The van der Waals surface area contributed by atoms with Crippen LogP contribution >= 0.6 is 0 Å². The number of hydrogen-bond acceptors (Lipinski definition) is 4. The normalized spacial score (nSPS) is 11.5. The third-order valence-corrected chi connectivity index (χ3v) is 3.38. The zero-order chi connectivity index (χ0) is 17.3. The van der Waals surface area contributed by atoms with E-state index in [1.54, 1.807) is 24.3 Å². The van der Waals surface area contributed by atoms with E-state index >= 15 is 0 Å². The maximum atomic E-state index is 12.9. The molecule has 1 heterocycles. The van der Waals surface area contributed by atoms with E-state index in [0.717, 1.165) is 16.7 Å². The Morgan fingerprint density at radius 2 is 1.88 bits per heavy atom. The summed E-state index contributed by atoms with van der Waals surface area (Å²) in [4.78, 5) is 12.0. The molecule has 0 saturated carbocycles. The second-order valence-electron chi connectivity index (χ2n) is 4.86. The Hall–Kier alpha value is -3.03. The minimum atomic E-state index is -4.53. The van der Waals surface area contributed by atoms with Gasteiger partial charge in [0.2, 0.25) is 0 Å². The number of nitrogens with zero attached hydrogens (tertiary/aromatic N) is 2. The second kappa shape index (κ2) is 5.88. The standard InChI is InChI=1S/C16H11F3N2O3/c1-23-13-8-3-2-7-12(13)14-20-24-15(22)21(14)11-6-4-5-10(9-11)16(17,18)19/h2-9H,1H3. The zero-order valence-electron chi connectivity index (χ0n) is 12.4. The Bertz CT molecular complexity index is 929. The maximum absolute atomic E-state index is 12.9. The van der Waals surface area contributed by atoms with Gasteiger partial charge in [0.1, 0.15) is 5.75 Å². The van der Waals surface area contributed by atoms with Crippen LogP contribution in [0.3, 0.4) is 0 Å². The molecule has 0 spiro atoms. The van der Waals surface area contributed by atoms with Gasteiger partial charge in [-0.15, -0.1) is 0 Å². The Morgan fingerprint density at radius 3 is 2.58 bits per heavy atom. The molecule has 0 aliphatic carbocycles. The first-order valence-electron chi connectivity index (χ1n) is 6.81. The monoisotopic (exact) mass is 336 g/mol. The number of rotatable bonds is 3. The van der Waals surface area contributed by atoms with Crippen LogP contribution in [0.5, 0.6) is 5.75 Å². The Kier molecular flexibility index (Phi) is 3.88. The highest BCUT2D eigenvalue weighted by atomic mass is 19.4. The van der Waals surface area contributed by atoms with Gasteiger partial charge < -0.3 is 4.74 Å². The van der Waals surface area contributed by atoms with Crippen molar-refractivity contribution in [3.8, 4) is 22.8 Å². The molecule has 5 nitrogen and oxygen atoms in total. The van der Waals surface area contributed by atoms with Crippen molar-refractivity contribution < 1.29 is 22.4 Å². The van der Waals surface area contributed by atoms with Crippen LogP contribution in [-0.4, -0.2) is 16.8 Å². The lowest BCUT2D eigenvalue weighted by molar-refractivity contribution is -0.137. The summed E-state index contributed by atoms with van der Waals surface area (Å²) in [5.41, 5.74) is -0.459. The van der Waals surface area contributed by atoms with E-state index in [-0.39, 0.29) is 11.5 Å². The van der Waals surface area contributed by atoms with E-state index in [0.29, 0.717) is 11.3 Å². The molecule has 3 rings (SSSR count). The van der Waals surface area contributed by atoms with Gasteiger partial charge in [0.05, 0.1) is 23.9 Å². The van der Waals surface area contributed by atoms with Crippen molar-refractivity contribution in [1.82, 2.24) is 9.72 Å². The molecule has 124 valence electrons. The Labute approximate surface area is 133 Å². The van der Waals surface area contributed by atoms with Crippen LogP contribution in [0.2, 0.25) is 0 Å². The topological polar surface area (TPSA) is 57.3 Å². The molecule has 1 aromatic heterocycles. The molecule has 0 N–H and O–H groups in total. The van der Waals surface area contributed by atoms with E-state index in [4.69, 9.17) is 4.74 Å². The van der Waals surface area contributed by atoms with Gasteiger partial charge >= 0.3 is 11.9 Å². The molecule has 0 aliphatic rings. The third kappa shape index (κ3) is 2.78. The smallest absolute Gasteiger partial charge is 0.446 e. The van der Waals surface area contributed by atoms with Crippen molar-refractivity contribution >= 4 is 0 Å². The molecule has 0 bridgehead atoms. The van der Waals surface area contributed by atoms with Gasteiger partial charge in [-0.05, 0) is 30.3 Å². The molecular weight excluding hydrogens is 325 g/mol. The van der Waals surface area contributed by atoms with E-state index in [9.17, 15) is 18.0 Å². The first-order chi connectivity index (χ1) is 11.4. The lowest BCUT2D eigenvalue weighted by atomic mass is 10.1. The van der Waals surface area contributed by atoms with Gasteiger partial charge in [-0.1, -0.05) is 23.4 Å². The van der Waals surface area contributed by atoms with Gasteiger partial charge in [0.25, 0.3) is 0 Å². The van der Waals surface area contributed by atoms with Crippen LogP contribution in [0.15, 0.2) is 57.8 Å². The zero-order valence-corrected chi connectivity index (χ0v) is 12.4. The number of halogens is 3. The maximum Gasteiger partial charge on any atom is 0.446 e. The predicted molar refractivity (Wildman–Crippen MR) is 79.1 cm³/mol. The molecule has 8 heteroatoms. The molecule has 0 saturated heterocycles. The highest BCUT2D eigenvalue weighted by Gasteiger charge is 2.31. The summed E-state index contributed by atoms with van der Waals surface area (Å²) in [6.07, 6.45) is -4.53. The molecule has 0 amide bonds. The number of aromatic nitrogens is 2.